The summed E-state index contributed by atoms with van der Waals surface area (Å²) in [4.78, 5) is 14.9. The molecule has 2 N–H and O–H groups in total. The highest BCUT2D eigenvalue weighted by atomic mass is 32.1. The van der Waals surface area contributed by atoms with Crippen LogP contribution in [0.15, 0.2) is 17.5 Å². The number of rotatable bonds is 5. The lowest BCUT2D eigenvalue weighted by Crippen LogP contribution is -2.45. The van der Waals surface area contributed by atoms with Crippen LogP contribution >= 0.6 is 11.3 Å². The van der Waals surface area contributed by atoms with Crippen LogP contribution in [0.25, 0.3) is 0 Å². The molecule has 1 rings (SSSR count). The van der Waals surface area contributed by atoms with E-state index >= 15 is 0 Å². The number of likely N-dealkylation sites (N-methyl/N-ethyl adjacent to an activating group) is 1. The molecule has 0 spiro atoms. The first-order chi connectivity index (χ1) is 7.56. The predicted octanol–water partition coefficient (Wildman–Crippen LogP) is 2.08. The Labute approximate surface area is 101 Å². The van der Waals surface area contributed by atoms with Gasteiger partial charge in [-0.2, -0.15) is 0 Å². The third-order valence-electron chi connectivity index (χ3n) is 2.89. The topological polar surface area (TPSA) is 46.3 Å². The number of carbonyl (C=O) groups excluding carboxylic acids is 1. The Bertz CT molecular complexity index is 324. The summed E-state index contributed by atoms with van der Waals surface area (Å²) in [6.07, 6.45) is 0.930. The van der Waals surface area contributed by atoms with E-state index < -0.39 is 0 Å². The Morgan fingerprint density at radius 3 is 2.81 bits per heavy atom. The predicted molar refractivity (Wildman–Crippen MR) is 68.2 cm³/mol. The monoisotopic (exact) mass is 240 g/mol. The van der Waals surface area contributed by atoms with Crippen LogP contribution in [0.4, 0.5) is 0 Å². The van der Waals surface area contributed by atoms with E-state index in [4.69, 9.17) is 5.73 Å². The van der Waals surface area contributed by atoms with Gasteiger partial charge in [-0.15, -0.1) is 11.3 Å². The summed E-state index contributed by atoms with van der Waals surface area (Å²) in [5.74, 6) is 0.265. The Hall–Kier alpha value is -0.870. The van der Waals surface area contributed by atoms with Crippen molar-refractivity contribution in [2.75, 3.05) is 7.05 Å². The van der Waals surface area contributed by atoms with Gasteiger partial charge in [0.1, 0.15) is 0 Å². The molecule has 2 atom stereocenters. The van der Waals surface area contributed by atoms with E-state index in [-0.39, 0.29) is 17.9 Å². The second-order valence-electron chi connectivity index (χ2n) is 4.18. The molecular formula is C12H20N2OS. The smallest absolute Gasteiger partial charge is 0.239 e. The number of thiophene rings is 1. The van der Waals surface area contributed by atoms with Crippen LogP contribution < -0.4 is 5.73 Å². The summed E-state index contributed by atoms with van der Waals surface area (Å²) < 4.78 is 0. The third kappa shape index (κ3) is 3.32. The fourth-order valence-electron chi connectivity index (χ4n) is 1.47. The largest absolute Gasteiger partial charge is 0.339 e. The molecular weight excluding hydrogens is 220 g/mol. The molecule has 0 unspecified atom stereocenters. The number of amides is 1. The van der Waals surface area contributed by atoms with Gasteiger partial charge in [-0.25, -0.2) is 0 Å². The molecule has 16 heavy (non-hydrogen) atoms. The minimum atomic E-state index is -0.380. The Morgan fingerprint density at radius 2 is 2.31 bits per heavy atom. The molecule has 3 nitrogen and oxygen atoms in total. The molecule has 4 heteroatoms. The van der Waals surface area contributed by atoms with Gasteiger partial charge in [0.15, 0.2) is 0 Å². The van der Waals surface area contributed by atoms with Gasteiger partial charge in [0, 0.05) is 11.9 Å². The van der Waals surface area contributed by atoms with Gasteiger partial charge in [0.25, 0.3) is 0 Å². The standard InChI is InChI=1S/C12H20N2OS/c1-4-9(2)11(13)12(15)14(3)8-10-6-5-7-16-10/h5-7,9,11H,4,8,13H2,1-3H3/t9-,11-/m0/s1. The minimum Gasteiger partial charge on any atom is -0.339 e. The summed E-state index contributed by atoms with van der Waals surface area (Å²) in [6, 6.07) is 3.64. The summed E-state index contributed by atoms with van der Waals surface area (Å²) in [5.41, 5.74) is 5.91. The van der Waals surface area contributed by atoms with Crippen molar-refractivity contribution in [1.82, 2.24) is 4.90 Å². The molecule has 1 aromatic rings. The van der Waals surface area contributed by atoms with Crippen molar-refractivity contribution in [2.24, 2.45) is 11.7 Å². The van der Waals surface area contributed by atoms with Gasteiger partial charge in [-0.1, -0.05) is 26.3 Å². The van der Waals surface area contributed by atoms with E-state index in [1.54, 1.807) is 16.2 Å². The molecule has 0 radical (unpaired) electrons. The molecule has 0 aliphatic heterocycles. The highest BCUT2D eigenvalue weighted by Crippen LogP contribution is 2.13. The first kappa shape index (κ1) is 13.2. The van der Waals surface area contributed by atoms with Crippen molar-refractivity contribution in [3.05, 3.63) is 22.4 Å². The zero-order valence-corrected chi connectivity index (χ0v) is 11.0. The fraction of sp³-hybridized carbons (Fsp3) is 0.583. The lowest BCUT2D eigenvalue weighted by Gasteiger charge is -2.24. The van der Waals surface area contributed by atoms with Crippen molar-refractivity contribution in [3.63, 3.8) is 0 Å². The fourth-order valence-corrected chi connectivity index (χ4v) is 2.22. The van der Waals surface area contributed by atoms with E-state index in [2.05, 4.69) is 6.92 Å². The zero-order valence-electron chi connectivity index (χ0n) is 10.1. The van der Waals surface area contributed by atoms with Crippen molar-refractivity contribution in [1.29, 1.82) is 0 Å². The van der Waals surface area contributed by atoms with Crippen LogP contribution in [-0.2, 0) is 11.3 Å². The quantitative estimate of drug-likeness (QED) is 0.856. The van der Waals surface area contributed by atoms with Gasteiger partial charge < -0.3 is 10.6 Å². The van der Waals surface area contributed by atoms with Crippen LogP contribution in [-0.4, -0.2) is 23.9 Å². The molecule has 1 amide bonds. The number of nitrogens with zero attached hydrogens (tertiary/aromatic N) is 1. The van der Waals surface area contributed by atoms with Crippen molar-refractivity contribution >= 4 is 17.2 Å². The van der Waals surface area contributed by atoms with Crippen molar-refractivity contribution < 1.29 is 4.79 Å². The normalized spacial score (nSPS) is 14.5. The minimum absolute atomic E-state index is 0.0303. The number of nitrogens with two attached hydrogens (primary N) is 1. The highest BCUT2D eigenvalue weighted by molar-refractivity contribution is 7.09. The van der Waals surface area contributed by atoms with E-state index in [0.717, 1.165) is 6.42 Å². The average molecular weight is 240 g/mol. The lowest BCUT2D eigenvalue weighted by atomic mass is 9.99. The van der Waals surface area contributed by atoms with Crippen LogP contribution in [0.3, 0.4) is 0 Å². The Kier molecular flexibility index (Phi) is 4.96. The van der Waals surface area contributed by atoms with Crippen LogP contribution in [0.1, 0.15) is 25.1 Å². The van der Waals surface area contributed by atoms with Crippen LogP contribution in [0.5, 0.6) is 0 Å². The number of hydrogen-bond acceptors (Lipinski definition) is 3. The summed E-state index contributed by atoms with van der Waals surface area (Å²) in [6.45, 7) is 4.72. The van der Waals surface area contributed by atoms with Crippen LogP contribution in [0, 0.1) is 5.92 Å². The maximum absolute atomic E-state index is 12.0. The molecule has 0 aliphatic rings. The molecule has 0 bridgehead atoms. The van der Waals surface area contributed by atoms with E-state index in [0.29, 0.717) is 6.54 Å². The summed E-state index contributed by atoms with van der Waals surface area (Å²) in [7, 11) is 1.81. The molecule has 1 heterocycles. The molecule has 90 valence electrons. The maximum Gasteiger partial charge on any atom is 0.239 e. The van der Waals surface area contributed by atoms with Gasteiger partial charge in [0.2, 0.25) is 5.91 Å². The number of hydrogen-bond donors (Lipinski definition) is 1. The van der Waals surface area contributed by atoms with Gasteiger partial charge in [-0.3, -0.25) is 4.79 Å². The SMILES string of the molecule is CC[C@H](C)[C@H](N)C(=O)N(C)Cc1cccs1. The number of carbonyl (C=O) groups is 1. The second kappa shape index (κ2) is 6.01. The van der Waals surface area contributed by atoms with Crippen molar-refractivity contribution in [2.45, 2.75) is 32.9 Å². The molecule has 0 saturated heterocycles. The maximum atomic E-state index is 12.0. The first-order valence-electron chi connectivity index (χ1n) is 5.59. The molecule has 0 saturated carbocycles. The second-order valence-corrected chi connectivity index (χ2v) is 5.22. The highest BCUT2D eigenvalue weighted by Gasteiger charge is 2.22. The summed E-state index contributed by atoms with van der Waals surface area (Å²) >= 11 is 1.66. The Balaban J connectivity index is 2.53. The molecule has 0 aliphatic carbocycles. The van der Waals surface area contributed by atoms with E-state index in [1.807, 2.05) is 31.5 Å². The first-order valence-corrected chi connectivity index (χ1v) is 6.47. The molecule has 0 aromatic carbocycles. The van der Waals surface area contributed by atoms with E-state index in [9.17, 15) is 4.79 Å². The Morgan fingerprint density at radius 1 is 1.62 bits per heavy atom. The summed E-state index contributed by atoms with van der Waals surface area (Å²) in [5, 5.41) is 2.02. The molecule has 1 aromatic heterocycles. The van der Waals surface area contributed by atoms with Crippen molar-refractivity contribution in [3.8, 4) is 0 Å². The van der Waals surface area contributed by atoms with E-state index in [1.165, 1.54) is 4.88 Å². The van der Waals surface area contributed by atoms with Crippen LogP contribution in [0.2, 0.25) is 0 Å². The molecule has 0 fully saturated rings. The third-order valence-corrected chi connectivity index (χ3v) is 3.75. The lowest BCUT2D eigenvalue weighted by molar-refractivity contribution is -0.132. The van der Waals surface area contributed by atoms with Gasteiger partial charge in [0.05, 0.1) is 12.6 Å². The average Bonchev–Trinajstić information content (AvgIpc) is 2.78. The van der Waals surface area contributed by atoms with Gasteiger partial charge >= 0.3 is 0 Å². The van der Waals surface area contributed by atoms with Gasteiger partial charge in [-0.05, 0) is 17.4 Å². The zero-order chi connectivity index (χ0) is 12.1.